The second-order valence-electron chi connectivity index (χ2n) is 5.35. The van der Waals surface area contributed by atoms with Gasteiger partial charge in [-0.2, -0.15) is 0 Å². The minimum absolute atomic E-state index is 0.108. The molecule has 1 aromatic rings. The van der Waals surface area contributed by atoms with E-state index in [4.69, 9.17) is 0 Å². The molecule has 1 aromatic carbocycles. The van der Waals surface area contributed by atoms with E-state index in [1.165, 1.54) is 12.8 Å². The lowest BCUT2D eigenvalue weighted by Gasteiger charge is -2.21. The molecule has 0 aliphatic heterocycles. The fourth-order valence-corrected chi connectivity index (χ4v) is 2.33. The van der Waals surface area contributed by atoms with Crippen LogP contribution >= 0.6 is 0 Å². The SMILES string of the molecule is CNC(CCN(C)C1CC1)c1ccc(C)c(F)c1. The van der Waals surface area contributed by atoms with Crippen molar-refractivity contribution in [2.75, 3.05) is 20.6 Å². The number of aryl methyl sites for hydroxylation is 1. The molecular formula is C15H23FN2. The van der Waals surface area contributed by atoms with Gasteiger partial charge in [-0.3, -0.25) is 0 Å². The average Bonchev–Trinajstić information content (AvgIpc) is 3.18. The van der Waals surface area contributed by atoms with E-state index < -0.39 is 0 Å². The van der Waals surface area contributed by atoms with Crippen LogP contribution in [0, 0.1) is 12.7 Å². The van der Waals surface area contributed by atoms with Crippen molar-refractivity contribution in [1.82, 2.24) is 10.2 Å². The van der Waals surface area contributed by atoms with Gasteiger partial charge in [0.15, 0.2) is 0 Å². The zero-order chi connectivity index (χ0) is 13.1. The van der Waals surface area contributed by atoms with Crippen molar-refractivity contribution in [3.8, 4) is 0 Å². The van der Waals surface area contributed by atoms with E-state index in [2.05, 4.69) is 17.3 Å². The Morgan fingerprint density at radius 1 is 1.44 bits per heavy atom. The molecule has 3 heteroatoms. The van der Waals surface area contributed by atoms with Crippen molar-refractivity contribution in [3.05, 3.63) is 35.1 Å². The lowest BCUT2D eigenvalue weighted by Crippen LogP contribution is -2.27. The molecule has 0 radical (unpaired) electrons. The van der Waals surface area contributed by atoms with E-state index in [0.29, 0.717) is 5.56 Å². The minimum atomic E-state index is -0.108. The van der Waals surface area contributed by atoms with Gasteiger partial charge in [-0.05, 0) is 64.0 Å². The Hall–Kier alpha value is -0.930. The monoisotopic (exact) mass is 250 g/mol. The third-order valence-electron chi connectivity index (χ3n) is 3.89. The Kier molecular flexibility index (Phi) is 4.36. The summed E-state index contributed by atoms with van der Waals surface area (Å²) in [7, 11) is 4.12. The van der Waals surface area contributed by atoms with Crippen LogP contribution in [0.15, 0.2) is 18.2 Å². The van der Waals surface area contributed by atoms with E-state index in [1.54, 1.807) is 13.0 Å². The van der Waals surface area contributed by atoms with Gasteiger partial charge in [-0.15, -0.1) is 0 Å². The molecule has 1 fully saturated rings. The summed E-state index contributed by atoms with van der Waals surface area (Å²) in [6.45, 7) is 2.86. The summed E-state index contributed by atoms with van der Waals surface area (Å²) < 4.78 is 13.6. The van der Waals surface area contributed by atoms with Crippen LogP contribution in [-0.4, -0.2) is 31.6 Å². The number of hydrogen-bond donors (Lipinski definition) is 1. The third-order valence-corrected chi connectivity index (χ3v) is 3.89. The number of rotatable bonds is 6. The summed E-state index contributed by atoms with van der Waals surface area (Å²) in [5, 5.41) is 3.29. The quantitative estimate of drug-likeness (QED) is 0.835. The van der Waals surface area contributed by atoms with Gasteiger partial charge in [0.25, 0.3) is 0 Å². The molecule has 1 N–H and O–H groups in total. The van der Waals surface area contributed by atoms with Crippen LogP contribution < -0.4 is 5.32 Å². The van der Waals surface area contributed by atoms with Crippen molar-refractivity contribution < 1.29 is 4.39 Å². The molecule has 1 saturated carbocycles. The standard InChI is InChI=1S/C15H23FN2/c1-11-4-5-12(10-14(11)16)15(17-2)8-9-18(3)13-6-7-13/h4-5,10,13,15,17H,6-9H2,1-3H3. The van der Waals surface area contributed by atoms with Crippen LogP contribution in [-0.2, 0) is 0 Å². The maximum Gasteiger partial charge on any atom is 0.126 e. The average molecular weight is 250 g/mol. The van der Waals surface area contributed by atoms with Crippen molar-refractivity contribution >= 4 is 0 Å². The maximum absolute atomic E-state index is 13.6. The molecule has 0 aromatic heterocycles. The van der Waals surface area contributed by atoms with Crippen LogP contribution in [0.4, 0.5) is 4.39 Å². The second kappa shape index (κ2) is 5.81. The van der Waals surface area contributed by atoms with E-state index in [-0.39, 0.29) is 11.9 Å². The van der Waals surface area contributed by atoms with Gasteiger partial charge < -0.3 is 10.2 Å². The minimum Gasteiger partial charge on any atom is -0.313 e. The summed E-state index contributed by atoms with van der Waals surface area (Å²) in [5.41, 5.74) is 1.76. The van der Waals surface area contributed by atoms with Gasteiger partial charge in [-0.25, -0.2) is 4.39 Å². The molecule has 2 rings (SSSR count). The molecule has 18 heavy (non-hydrogen) atoms. The van der Waals surface area contributed by atoms with Gasteiger partial charge >= 0.3 is 0 Å². The summed E-state index contributed by atoms with van der Waals surface area (Å²) in [4.78, 5) is 2.41. The topological polar surface area (TPSA) is 15.3 Å². The van der Waals surface area contributed by atoms with Crippen molar-refractivity contribution in [2.45, 2.75) is 38.3 Å². The highest BCUT2D eigenvalue weighted by Gasteiger charge is 2.26. The molecule has 1 aliphatic carbocycles. The Labute approximate surface area is 109 Å². The highest BCUT2D eigenvalue weighted by molar-refractivity contribution is 5.25. The Bertz CT molecular complexity index is 401. The lowest BCUT2D eigenvalue weighted by molar-refractivity contribution is 0.301. The van der Waals surface area contributed by atoms with Crippen LogP contribution in [0.1, 0.15) is 36.4 Å². The first kappa shape index (κ1) is 13.5. The highest BCUT2D eigenvalue weighted by Crippen LogP contribution is 2.27. The number of benzene rings is 1. The zero-order valence-electron chi connectivity index (χ0n) is 11.5. The summed E-state index contributed by atoms with van der Waals surface area (Å²) in [6, 6.07) is 6.57. The Morgan fingerprint density at radius 3 is 2.72 bits per heavy atom. The van der Waals surface area contributed by atoms with Crippen molar-refractivity contribution in [3.63, 3.8) is 0 Å². The van der Waals surface area contributed by atoms with Gasteiger partial charge in [0.2, 0.25) is 0 Å². The molecular weight excluding hydrogens is 227 g/mol. The predicted octanol–water partition coefficient (Wildman–Crippen LogP) is 2.88. The fraction of sp³-hybridized carbons (Fsp3) is 0.600. The predicted molar refractivity (Wildman–Crippen MR) is 73.2 cm³/mol. The van der Waals surface area contributed by atoms with E-state index in [0.717, 1.165) is 24.6 Å². The molecule has 2 nitrogen and oxygen atoms in total. The highest BCUT2D eigenvalue weighted by atomic mass is 19.1. The first-order valence-corrected chi connectivity index (χ1v) is 6.75. The van der Waals surface area contributed by atoms with Gasteiger partial charge in [-0.1, -0.05) is 12.1 Å². The van der Waals surface area contributed by atoms with Crippen molar-refractivity contribution in [1.29, 1.82) is 0 Å². The molecule has 0 heterocycles. The summed E-state index contributed by atoms with van der Waals surface area (Å²) in [6.07, 6.45) is 3.69. The molecule has 0 spiro atoms. The van der Waals surface area contributed by atoms with Crippen LogP contribution in [0.5, 0.6) is 0 Å². The maximum atomic E-state index is 13.6. The van der Waals surface area contributed by atoms with E-state index in [1.807, 2.05) is 19.2 Å². The number of nitrogens with zero attached hydrogens (tertiary/aromatic N) is 1. The molecule has 100 valence electrons. The van der Waals surface area contributed by atoms with Gasteiger partial charge in [0.05, 0.1) is 0 Å². The number of halogens is 1. The molecule has 0 bridgehead atoms. The fourth-order valence-electron chi connectivity index (χ4n) is 2.33. The number of hydrogen-bond acceptors (Lipinski definition) is 2. The normalized spacial score (nSPS) is 17.2. The molecule has 1 aliphatic rings. The van der Waals surface area contributed by atoms with Crippen LogP contribution in [0.3, 0.4) is 0 Å². The first-order valence-electron chi connectivity index (χ1n) is 6.75. The zero-order valence-corrected chi connectivity index (χ0v) is 11.5. The first-order chi connectivity index (χ1) is 8.61. The smallest absolute Gasteiger partial charge is 0.126 e. The largest absolute Gasteiger partial charge is 0.313 e. The van der Waals surface area contributed by atoms with Crippen LogP contribution in [0.2, 0.25) is 0 Å². The number of nitrogens with one attached hydrogen (secondary N) is 1. The Morgan fingerprint density at radius 2 is 2.17 bits per heavy atom. The van der Waals surface area contributed by atoms with E-state index in [9.17, 15) is 4.39 Å². The third kappa shape index (κ3) is 3.30. The van der Waals surface area contributed by atoms with Crippen LogP contribution in [0.25, 0.3) is 0 Å². The molecule has 1 atom stereocenters. The summed E-state index contributed by atoms with van der Waals surface area (Å²) in [5.74, 6) is -0.108. The lowest BCUT2D eigenvalue weighted by atomic mass is 10.0. The second-order valence-corrected chi connectivity index (χ2v) is 5.35. The molecule has 1 unspecified atom stereocenters. The Balaban J connectivity index is 1.96. The van der Waals surface area contributed by atoms with Gasteiger partial charge in [0, 0.05) is 12.1 Å². The molecule has 0 amide bonds. The van der Waals surface area contributed by atoms with E-state index >= 15 is 0 Å². The summed E-state index contributed by atoms with van der Waals surface area (Å²) >= 11 is 0. The molecule has 0 saturated heterocycles. The van der Waals surface area contributed by atoms with Crippen molar-refractivity contribution in [2.24, 2.45) is 0 Å². The van der Waals surface area contributed by atoms with Gasteiger partial charge in [0.1, 0.15) is 5.82 Å².